The van der Waals surface area contributed by atoms with Crippen molar-refractivity contribution in [1.82, 2.24) is 4.90 Å². The maximum Gasteiger partial charge on any atom is 0.226 e. The molecule has 2 atom stereocenters. The van der Waals surface area contributed by atoms with Crippen LogP contribution in [-0.2, 0) is 4.79 Å². The molecule has 1 aliphatic rings. The molecule has 0 saturated carbocycles. The van der Waals surface area contributed by atoms with E-state index in [1.54, 1.807) is 0 Å². The molecule has 1 aliphatic heterocycles. The minimum Gasteiger partial charge on any atom is -0.340 e. The Morgan fingerprint density at radius 2 is 2.20 bits per heavy atom. The Balaban J connectivity index is 2.52. The summed E-state index contributed by atoms with van der Waals surface area (Å²) in [4.78, 5) is 13.9. The third-order valence-corrected chi connectivity index (χ3v) is 4.46. The van der Waals surface area contributed by atoms with Gasteiger partial charge < -0.3 is 10.6 Å². The molecule has 15 heavy (non-hydrogen) atoms. The minimum absolute atomic E-state index is 0.0269. The lowest BCUT2D eigenvalue weighted by molar-refractivity contribution is -0.134. The number of rotatable bonds is 3. The van der Waals surface area contributed by atoms with Gasteiger partial charge in [-0.3, -0.25) is 4.79 Å². The summed E-state index contributed by atoms with van der Waals surface area (Å²) in [5.74, 6) is 1.90. The molecule has 1 amide bonds. The highest BCUT2D eigenvalue weighted by atomic mass is 32.2. The van der Waals surface area contributed by atoms with Crippen LogP contribution in [0.5, 0.6) is 0 Å². The van der Waals surface area contributed by atoms with Crippen LogP contribution in [0.15, 0.2) is 0 Å². The fourth-order valence-corrected chi connectivity index (χ4v) is 2.99. The molecule has 0 aromatic carbocycles. The van der Waals surface area contributed by atoms with Gasteiger partial charge in [0.15, 0.2) is 0 Å². The molecule has 88 valence electrons. The number of nitrogens with zero attached hydrogens (tertiary/aromatic N) is 1. The molecule has 0 bridgehead atoms. The van der Waals surface area contributed by atoms with Crippen LogP contribution < -0.4 is 5.73 Å². The third-order valence-electron chi connectivity index (χ3n) is 2.92. The van der Waals surface area contributed by atoms with Gasteiger partial charge in [0.05, 0.1) is 0 Å². The van der Waals surface area contributed by atoms with Gasteiger partial charge in [0, 0.05) is 36.6 Å². The Kier molecular flexibility index (Phi) is 4.93. The lowest BCUT2D eigenvalue weighted by Crippen LogP contribution is -2.46. The molecule has 4 heteroatoms. The number of amides is 1. The van der Waals surface area contributed by atoms with Crippen LogP contribution >= 0.6 is 11.8 Å². The summed E-state index contributed by atoms with van der Waals surface area (Å²) < 4.78 is 0. The van der Waals surface area contributed by atoms with Crippen molar-refractivity contribution < 1.29 is 4.79 Å². The van der Waals surface area contributed by atoms with Crippen molar-refractivity contribution >= 4 is 17.7 Å². The van der Waals surface area contributed by atoms with Crippen molar-refractivity contribution in [3.8, 4) is 0 Å². The van der Waals surface area contributed by atoms with E-state index in [9.17, 15) is 4.79 Å². The molecule has 0 radical (unpaired) electrons. The number of nitrogens with two attached hydrogens (primary N) is 1. The van der Waals surface area contributed by atoms with Crippen LogP contribution in [-0.4, -0.2) is 41.4 Å². The smallest absolute Gasteiger partial charge is 0.226 e. The van der Waals surface area contributed by atoms with E-state index >= 15 is 0 Å². The minimum atomic E-state index is -0.0269. The summed E-state index contributed by atoms with van der Waals surface area (Å²) >= 11 is 1.99. The van der Waals surface area contributed by atoms with Crippen molar-refractivity contribution in [1.29, 1.82) is 0 Å². The quantitative estimate of drug-likeness (QED) is 0.792. The molecule has 2 N–H and O–H groups in total. The number of carbonyl (C=O) groups excluding carboxylic acids is 1. The van der Waals surface area contributed by atoms with E-state index in [0.717, 1.165) is 18.8 Å². The number of hydrogen-bond donors (Lipinski definition) is 1. The molecule has 0 spiro atoms. The molecule has 3 nitrogen and oxygen atoms in total. The molecule has 0 aromatic heterocycles. The average Bonchev–Trinajstić information content (AvgIpc) is 2.27. The van der Waals surface area contributed by atoms with Gasteiger partial charge in [-0.1, -0.05) is 20.8 Å². The summed E-state index contributed by atoms with van der Waals surface area (Å²) in [6, 6.07) is 0. The molecule has 2 unspecified atom stereocenters. The Bertz CT molecular complexity index is 221. The summed E-state index contributed by atoms with van der Waals surface area (Å²) in [5.41, 5.74) is 5.52. The Morgan fingerprint density at radius 3 is 2.73 bits per heavy atom. The summed E-state index contributed by atoms with van der Waals surface area (Å²) in [7, 11) is 0. The van der Waals surface area contributed by atoms with Gasteiger partial charge in [0.25, 0.3) is 0 Å². The summed E-state index contributed by atoms with van der Waals surface area (Å²) in [6.45, 7) is 8.59. The SMILES string of the molecule is CC(CN)C(=O)N1CCSC(C(C)C)C1. The lowest BCUT2D eigenvalue weighted by atomic mass is 10.1. The Hall–Kier alpha value is -0.220. The van der Waals surface area contributed by atoms with Crippen LogP contribution in [0.1, 0.15) is 20.8 Å². The number of carbonyl (C=O) groups is 1. The first kappa shape index (κ1) is 12.8. The fourth-order valence-electron chi connectivity index (χ4n) is 1.69. The Morgan fingerprint density at radius 1 is 1.53 bits per heavy atom. The third kappa shape index (κ3) is 3.38. The second kappa shape index (κ2) is 5.75. The van der Waals surface area contributed by atoms with E-state index in [-0.39, 0.29) is 11.8 Å². The first-order valence-corrected chi connectivity index (χ1v) is 6.71. The standard InChI is InChI=1S/C11H22N2OS/c1-8(2)10-7-13(4-5-15-10)11(14)9(3)6-12/h8-10H,4-7,12H2,1-3H3. The van der Waals surface area contributed by atoms with Gasteiger partial charge in [0.2, 0.25) is 5.91 Å². The normalized spacial score (nSPS) is 24.3. The summed E-state index contributed by atoms with van der Waals surface area (Å²) in [5, 5.41) is 0.590. The Labute approximate surface area is 96.8 Å². The van der Waals surface area contributed by atoms with Gasteiger partial charge in [-0.2, -0.15) is 11.8 Å². The van der Waals surface area contributed by atoms with Crippen molar-refractivity contribution in [2.75, 3.05) is 25.4 Å². The van der Waals surface area contributed by atoms with Crippen LogP contribution in [0, 0.1) is 11.8 Å². The van der Waals surface area contributed by atoms with Crippen LogP contribution in [0.25, 0.3) is 0 Å². The highest BCUT2D eigenvalue weighted by Crippen LogP contribution is 2.25. The van der Waals surface area contributed by atoms with Crippen LogP contribution in [0.3, 0.4) is 0 Å². The second-order valence-corrected chi connectivity index (χ2v) is 5.92. The van der Waals surface area contributed by atoms with Crippen molar-refractivity contribution in [2.24, 2.45) is 17.6 Å². The molecule has 1 heterocycles. The molecule has 1 saturated heterocycles. The molecule has 1 rings (SSSR count). The van der Waals surface area contributed by atoms with Crippen molar-refractivity contribution in [2.45, 2.75) is 26.0 Å². The van der Waals surface area contributed by atoms with Crippen molar-refractivity contribution in [3.63, 3.8) is 0 Å². The zero-order valence-electron chi connectivity index (χ0n) is 9.90. The molecule has 1 fully saturated rings. The maximum absolute atomic E-state index is 11.9. The highest BCUT2D eigenvalue weighted by molar-refractivity contribution is 8.00. The first-order valence-electron chi connectivity index (χ1n) is 5.66. The van der Waals surface area contributed by atoms with E-state index in [1.165, 1.54) is 0 Å². The topological polar surface area (TPSA) is 46.3 Å². The molecular weight excluding hydrogens is 208 g/mol. The van der Waals surface area contributed by atoms with E-state index < -0.39 is 0 Å². The van der Waals surface area contributed by atoms with Crippen molar-refractivity contribution in [3.05, 3.63) is 0 Å². The van der Waals surface area contributed by atoms with E-state index in [2.05, 4.69) is 13.8 Å². The molecular formula is C11H22N2OS. The fraction of sp³-hybridized carbons (Fsp3) is 0.909. The van der Waals surface area contributed by atoms with E-state index in [0.29, 0.717) is 17.7 Å². The zero-order chi connectivity index (χ0) is 11.4. The van der Waals surface area contributed by atoms with E-state index in [1.807, 2.05) is 23.6 Å². The zero-order valence-corrected chi connectivity index (χ0v) is 10.7. The lowest BCUT2D eigenvalue weighted by Gasteiger charge is -2.35. The first-order chi connectivity index (χ1) is 7.06. The molecule has 0 aromatic rings. The van der Waals surface area contributed by atoms with Crippen LogP contribution in [0.4, 0.5) is 0 Å². The largest absolute Gasteiger partial charge is 0.340 e. The van der Waals surface area contributed by atoms with Gasteiger partial charge in [-0.05, 0) is 5.92 Å². The number of hydrogen-bond acceptors (Lipinski definition) is 3. The monoisotopic (exact) mass is 230 g/mol. The van der Waals surface area contributed by atoms with Gasteiger partial charge >= 0.3 is 0 Å². The van der Waals surface area contributed by atoms with Gasteiger partial charge in [0.1, 0.15) is 0 Å². The second-order valence-electron chi connectivity index (χ2n) is 4.57. The van der Waals surface area contributed by atoms with E-state index in [4.69, 9.17) is 5.73 Å². The predicted octanol–water partition coefficient (Wildman–Crippen LogP) is 1.18. The predicted molar refractivity (Wildman–Crippen MR) is 65.9 cm³/mol. The highest BCUT2D eigenvalue weighted by Gasteiger charge is 2.27. The average molecular weight is 230 g/mol. The molecule has 0 aliphatic carbocycles. The maximum atomic E-state index is 11.9. The number of thioether (sulfide) groups is 1. The van der Waals surface area contributed by atoms with Crippen LogP contribution in [0.2, 0.25) is 0 Å². The van der Waals surface area contributed by atoms with Gasteiger partial charge in [-0.25, -0.2) is 0 Å². The summed E-state index contributed by atoms with van der Waals surface area (Å²) in [6.07, 6.45) is 0. The van der Waals surface area contributed by atoms with Gasteiger partial charge in [-0.15, -0.1) is 0 Å².